The molecule has 2 aliphatic carbocycles. The van der Waals surface area contributed by atoms with Crippen molar-refractivity contribution >= 4 is 6.21 Å². The predicted octanol–water partition coefficient (Wildman–Crippen LogP) is 6.29. The van der Waals surface area contributed by atoms with Crippen LogP contribution in [0.4, 0.5) is 13.2 Å². The molecule has 3 atom stereocenters. The number of alkyl halides is 2. The van der Waals surface area contributed by atoms with Crippen LogP contribution in [0, 0.1) is 11.3 Å². The molecule has 2 aliphatic rings. The van der Waals surface area contributed by atoms with Crippen LogP contribution in [0.1, 0.15) is 51.1 Å². The summed E-state index contributed by atoms with van der Waals surface area (Å²) in [6.45, 7) is 7.24. The number of nitrogens with zero attached hydrogens (tertiary/aromatic N) is 3. The maximum Gasteiger partial charge on any atom is 0.249 e. The van der Waals surface area contributed by atoms with Gasteiger partial charge >= 0.3 is 0 Å². The first-order valence-corrected chi connectivity index (χ1v) is 9.90. The number of rotatable bonds is 6. The van der Waals surface area contributed by atoms with Gasteiger partial charge in [0.2, 0.25) is 5.92 Å². The van der Waals surface area contributed by atoms with Gasteiger partial charge in [-0.05, 0) is 56.4 Å². The molecule has 1 heterocycles. The second kappa shape index (κ2) is 8.17. The highest BCUT2D eigenvalue weighted by Crippen LogP contribution is 2.51. The fraction of sp³-hybridized carbons (Fsp3) is 0.478. The number of hydrogen-bond donors (Lipinski definition) is 0. The molecule has 1 fully saturated rings. The Bertz CT molecular complexity index is 891. The SMILES string of the molecule is C=CN=C/C=C(\C)C1(C)CC=C(CC2CC(F)(F)CC2c2ccnn2C)C=C1F. The summed E-state index contributed by atoms with van der Waals surface area (Å²) < 4.78 is 45.1. The predicted molar refractivity (Wildman–Crippen MR) is 111 cm³/mol. The van der Waals surface area contributed by atoms with Crippen molar-refractivity contribution in [2.45, 2.75) is 51.4 Å². The summed E-state index contributed by atoms with van der Waals surface area (Å²) in [5.74, 6) is -3.45. The van der Waals surface area contributed by atoms with Gasteiger partial charge in [-0.3, -0.25) is 9.67 Å². The average Bonchev–Trinajstić information content (AvgIpc) is 3.20. The maximum absolute atomic E-state index is 15.1. The zero-order chi connectivity index (χ0) is 21.2. The highest BCUT2D eigenvalue weighted by molar-refractivity contribution is 5.73. The molecular formula is C23H28F3N3. The molecule has 0 saturated heterocycles. The molecule has 0 amide bonds. The van der Waals surface area contributed by atoms with E-state index in [1.807, 2.05) is 19.9 Å². The zero-order valence-corrected chi connectivity index (χ0v) is 17.2. The lowest BCUT2D eigenvalue weighted by atomic mass is 9.73. The van der Waals surface area contributed by atoms with E-state index in [1.54, 1.807) is 36.3 Å². The monoisotopic (exact) mass is 403 g/mol. The van der Waals surface area contributed by atoms with Gasteiger partial charge in [-0.25, -0.2) is 13.2 Å². The van der Waals surface area contributed by atoms with Gasteiger partial charge in [-0.2, -0.15) is 5.10 Å². The van der Waals surface area contributed by atoms with Crippen molar-refractivity contribution in [3.05, 3.63) is 65.9 Å². The third kappa shape index (κ3) is 4.46. The van der Waals surface area contributed by atoms with Gasteiger partial charge in [0.25, 0.3) is 0 Å². The lowest BCUT2D eigenvalue weighted by molar-refractivity contribution is 0.00407. The Hall–Kier alpha value is -2.37. The molecule has 0 aromatic carbocycles. The van der Waals surface area contributed by atoms with Crippen LogP contribution in [0.15, 0.2) is 65.2 Å². The van der Waals surface area contributed by atoms with Crippen molar-refractivity contribution in [2.75, 3.05) is 0 Å². The van der Waals surface area contributed by atoms with Gasteiger partial charge in [0, 0.05) is 55.5 Å². The van der Waals surface area contributed by atoms with E-state index in [0.717, 1.165) is 16.8 Å². The molecule has 3 unspecified atom stereocenters. The Morgan fingerprint density at radius 2 is 2.17 bits per heavy atom. The van der Waals surface area contributed by atoms with Crippen LogP contribution < -0.4 is 0 Å². The topological polar surface area (TPSA) is 30.2 Å². The molecule has 29 heavy (non-hydrogen) atoms. The van der Waals surface area contributed by atoms with Crippen LogP contribution in [0.5, 0.6) is 0 Å². The Morgan fingerprint density at radius 3 is 2.79 bits per heavy atom. The second-order valence-corrected chi connectivity index (χ2v) is 8.35. The zero-order valence-electron chi connectivity index (χ0n) is 17.2. The van der Waals surface area contributed by atoms with E-state index >= 15 is 4.39 Å². The van der Waals surface area contributed by atoms with E-state index < -0.39 is 11.3 Å². The highest BCUT2D eigenvalue weighted by Gasteiger charge is 2.48. The normalized spacial score (nSPS) is 29.8. The lowest BCUT2D eigenvalue weighted by Gasteiger charge is -2.32. The maximum atomic E-state index is 15.1. The van der Waals surface area contributed by atoms with E-state index in [-0.39, 0.29) is 30.5 Å². The van der Waals surface area contributed by atoms with Crippen LogP contribution in [0.2, 0.25) is 0 Å². The number of aryl methyl sites for hydroxylation is 1. The minimum atomic E-state index is -2.70. The summed E-state index contributed by atoms with van der Waals surface area (Å²) in [7, 11) is 1.78. The summed E-state index contributed by atoms with van der Waals surface area (Å²) in [5, 5.41) is 4.13. The van der Waals surface area contributed by atoms with Crippen LogP contribution >= 0.6 is 0 Å². The first-order chi connectivity index (χ1) is 13.7. The molecule has 3 nitrogen and oxygen atoms in total. The highest BCUT2D eigenvalue weighted by atomic mass is 19.3. The van der Waals surface area contributed by atoms with Crippen molar-refractivity contribution in [3.63, 3.8) is 0 Å². The van der Waals surface area contributed by atoms with Crippen LogP contribution in [-0.2, 0) is 7.05 Å². The van der Waals surface area contributed by atoms with E-state index in [0.29, 0.717) is 12.8 Å². The van der Waals surface area contributed by atoms with Crippen LogP contribution in [-0.4, -0.2) is 21.9 Å². The van der Waals surface area contributed by atoms with E-state index in [2.05, 4.69) is 16.7 Å². The summed E-state index contributed by atoms with van der Waals surface area (Å²) in [5.41, 5.74) is 1.73. The van der Waals surface area contributed by atoms with Crippen molar-refractivity contribution in [3.8, 4) is 0 Å². The Balaban J connectivity index is 1.78. The third-order valence-electron chi connectivity index (χ3n) is 6.38. The first kappa shape index (κ1) is 21.3. The molecule has 0 aliphatic heterocycles. The van der Waals surface area contributed by atoms with Crippen molar-refractivity contribution < 1.29 is 13.2 Å². The van der Waals surface area contributed by atoms with Gasteiger partial charge in [-0.15, -0.1) is 0 Å². The number of allylic oxidation sites excluding steroid dienone is 6. The molecule has 6 heteroatoms. The summed E-state index contributed by atoms with van der Waals surface area (Å²) >= 11 is 0. The minimum Gasteiger partial charge on any atom is -0.272 e. The van der Waals surface area contributed by atoms with E-state index in [4.69, 9.17) is 0 Å². The van der Waals surface area contributed by atoms with Gasteiger partial charge in [0.1, 0.15) is 5.83 Å². The largest absolute Gasteiger partial charge is 0.272 e. The minimum absolute atomic E-state index is 0.177. The smallest absolute Gasteiger partial charge is 0.249 e. The number of aliphatic imine (C=N–C) groups is 1. The Morgan fingerprint density at radius 1 is 1.41 bits per heavy atom. The quantitative estimate of drug-likeness (QED) is 0.514. The molecule has 0 bridgehead atoms. The van der Waals surface area contributed by atoms with Gasteiger partial charge in [0.05, 0.1) is 0 Å². The molecule has 3 rings (SSSR count). The van der Waals surface area contributed by atoms with Crippen LogP contribution in [0.3, 0.4) is 0 Å². The third-order valence-corrected chi connectivity index (χ3v) is 6.38. The van der Waals surface area contributed by atoms with Gasteiger partial charge < -0.3 is 0 Å². The fourth-order valence-corrected chi connectivity index (χ4v) is 4.41. The molecule has 0 radical (unpaired) electrons. The van der Waals surface area contributed by atoms with Crippen molar-refractivity contribution in [2.24, 2.45) is 23.4 Å². The molecule has 0 spiro atoms. The molecule has 1 saturated carbocycles. The van der Waals surface area contributed by atoms with E-state index in [1.165, 1.54) is 12.3 Å². The molecular weight excluding hydrogens is 375 g/mol. The number of hydrogen-bond acceptors (Lipinski definition) is 2. The van der Waals surface area contributed by atoms with Gasteiger partial charge in [0.15, 0.2) is 0 Å². The lowest BCUT2D eigenvalue weighted by Crippen LogP contribution is -2.22. The van der Waals surface area contributed by atoms with Crippen LogP contribution in [0.25, 0.3) is 0 Å². The van der Waals surface area contributed by atoms with Gasteiger partial charge in [-0.1, -0.05) is 18.2 Å². The molecule has 156 valence electrons. The van der Waals surface area contributed by atoms with Crippen molar-refractivity contribution in [1.82, 2.24) is 9.78 Å². The summed E-state index contributed by atoms with van der Waals surface area (Å²) in [6.07, 6.45) is 10.5. The fourth-order valence-electron chi connectivity index (χ4n) is 4.41. The molecule has 1 aromatic heterocycles. The number of aromatic nitrogens is 2. The Labute approximate surface area is 170 Å². The molecule has 0 N–H and O–H groups in total. The molecule has 1 aromatic rings. The summed E-state index contributed by atoms with van der Waals surface area (Å²) in [6, 6.07) is 1.81. The average molecular weight is 403 g/mol. The first-order valence-electron chi connectivity index (χ1n) is 9.90. The van der Waals surface area contributed by atoms with Crippen molar-refractivity contribution in [1.29, 1.82) is 0 Å². The standard InChI is InChI=1S/C23H28F3N3/c1-5-27-10-7-16(2)22(3)9-6-17(13-21(22)24)12-18-14-23(25,26)15-19(18)20-8-11-28-29(20)4/h5-8,10-11,13,18-19H,1,9,12,14-15H2,2-4H3/b16-7+,27-10?. The summed E-state index contributed by atoms with van der Waals surface area (Å²) in [4.78, 5) is 3.93. The number of halogens is 3. The second-order valence-electron chi connectivity index (χ2n) is 8.35. The van der Waals surface area contributed by atoms with E-state index in [9.17, 15) is 8.78 Å². The Kier molecular flexibility index (Phi) is 6.01.